The van der Waals surface area contributed by atoms with Crippen molar-refractivity contribution >= 4 is 0 Å². The molecule has 3 rings (SSSR count). The Morgan fingerprint density at radius 1 is 1.30 bits per heavy atom. The number of aromatic nitrogens is 2. The zero-order chi connectivity index (χ0) is 13.8. The lowest BCUT2D eigenvalue weighted by Gasteiger charge is -2.31. The van der Waals surface area contributed by atoms with Gasteiger partial charge in [0.05, 0.1) is 17.8 Å². The van der Waals surface area contributed by atoms with Gasteiger partial charge in [0, 0.05) is 12.7 Å². The van der Waals surface area contributed by atoms with Crippen LogP contribution in [0.4, 0.5) is 0 Å². The van der Waals surface area contributed by atoms with Gasteiger partial charge in [0.25, 0.3) is 0 Å². The van der Waals surface area contributed by atoms with Gasteiger partial charge in [-0.15, -0.1) is 0 Å². The van der Waals surface area contributed by atoms with Crippen LogP contribution in [0.25, 0.3) is 0 Å². The summed E-state index contributed by atoms with van der Waals surface area (Å²) in [7, 11) is 0. The number of likely N-dealkylation sites (tertiary alicyclic amines) is 1. The Labute approximate surface area is 119 Å². The van der Waals surface area contributed by atoms with Gasteiger partial charge in [-0.3, -0.25) is 10.00 Å². The van der Waals surface area contributed by atoms with Gasteiger partial charge in [-0.2, -0.15) is 10.4 Å². The van der Waals surface area contributed by atoms with Crippen molar-refractivity contribution in [2.45, 2.75) is 25.3 Å². The van der Waals surface area contributed by atoms with Crippen LogP contribution in [0, 0.1) is 11.3 Å². The van der Waals surface area contributed by atoms with E-state index in [0.717, 1.165) is 43.6 Å². The smallest absolute Gasteiger partial charge is 0.0995 e. The quantitative estimate of drug-likeness (QED) is 0.929. The molecule has 1 aliphatic heterocycles. The molecule has 0 radical (unpaired) electrons. The molecule has 0 amide bonds. The van der Waals surface area contributed by atoms with E-state index in [1.54, 1.807) is 0 Å². The van der Waals surface area contributed by atoms with Crippen LogP contribution in [0.3, 0.4) is 0 Å². The summed E-state index contributed by atoms with van der Waals surface area (Å²) in [5, 5.41) is 16.1. The van der Waals surface area contributed by atoms with Gasteiger partial charge in [0.1, 0.15) is 0 Å². The van der Waals surface area contributed by atoms with Crippen molar-refractivity contribution in [3.05, 3.63) is 53.3 Å². The molecule has 2 aromatic rings. The Hall–Kier alpha value is -2.12. The number of nitrogens with zero attached hydrogens (tertiary/aromatic N) is 3. The lowest BCUT2D eigenvalue weighted by atomic mass is 9.91. The zero-order valence-electron chi connectivity index (χ0n) is 11.4. The summed E-state index contributed by atoms with van der Waals surface area (Å²) in [5.41, 5.74) is 3.25. The van der Waals surface area contributed by atoms with E-state index in [-0.39, 0.29) is 0 Å². The molecule has 0 spiro atoms. The molecule has 0 saturated carbocycles. The molecule has 4 nitrogen and oxygen atoms in total. The van der Waals surface area contributed by atoms with Crippen molar-refractivity contribution in [3.8, 4) is 6.07 Å². The number of hydrogen-bond acceptors (Lipinski definition) is 3. The Kier molecular flexibility index (Phi) is 3.80. The number of nitrogens with one attached hydrogen (secondary N) is 1. The van der Waals surface area contributed by atoms with Gasteiger partial charge < -0.3 is 0 Å². The minimum absolute atomic E-state index is 0.621. The van der Waals surface area contributed by atoms with Crippen LogP contribution >= 0.6 is 0 Å². The number of aromatic amines is 1. The average Bonchev–Trinajstić information content (AvgIpc) is 3.03. The molecule has 0 atom stereocenters. The van der Waals surface area contributed by atoms with Crippen LogP contribution in [0.2, 0.25) is 0 Å². The molecule has 1 N–H and O–H groups in total. The summed E-state index contributed by atoms with van der Waals surface area (Å²) in [5.74, 6) is 0.621. The number of nitriles is 1. The summed E-state index contributed by atoms with van der Waals surface area (Å²) in [4.78, 5) is 2.44. The molecule has 0 bridgehead atoms. The van der Waals surface area contributed by atoms with Gasteiger partial charge in [-0.25, -0.2) is 0 Å². The first-order chi connectivity index (χ1) is 9.86. The predicted octanol–water partition coefficient (Wildman–Crippen LogP) is 2.66. The van der Waals surface area contributed by atoms with E-state index >= 15 is 0 Å². The Morgan fingerprint density at radius 3 is 2.80 bits per heavy atom. The normalized spacial score (nSPS) is 16.9. The third-order valence-corrected chi connectivity index (χ3v) is 4.11. The molecule has 1 aromatic heterocycles. The van der Waals surface area contributed by atoms with Crippen molar-refractivity contribution < 1.29 is 0 Å². The third kappa shape index (κ3) is 2.73. The molecule has 4 heteroatoms. The van der Waals surface area contributed by atoms with Crippen molar-refractivity contribution in [2.24, 2.45) is 0 Å². The number of benzene rings is 1. The highest BCUT2D eigenvalue weighted by atomic mass is 15.1. The molecule has 0 aliphatic carbocycles. The molecule has 0 unspecified atom stereocenters. The number of piperidine rings is 1. The first-order valence-electron chi connectivity index (χ1n) is 7.06. The Bertz CT molecular complexity index is 589. The van der Waals surface area contributed by atoms with E-state index in [1.165, 1.54) is 5.56 Å². The summed E-state index contributed by atoms with van der Waals surface area (Å²) < 4.78 is 0. The van der Waals surface area contributed by atoms with Crippen molar-refractivity contribution in [2.75, 3.05) is 13.1 Å². The lowest BCUT2D eigenvalue weighted by Crippen LogP contribution is -2.32. The Morgan fingerprint density at radius 2 is 2.10 bits per heavy atom. The first-order valence-corrected chi connectivity index (χ1v) is 7.06. The standard InChI is InChI=1S/C16H18N4/c17-9-14-3-1-2-4-15(14)12-20-7-5-13(6-8-20)16-10-18-19-11-16/h1-4,10-11,13H,5-8,12H2,(H,18,19). The van der Waals surface area contributed by atoms with Gasteiger partial charge in [0.2, 0.25) is 0 Å². The average molecular weight is 266 g/mol. The zero-order valence-corrected chi connectivity index (χ0v) is 11.4. The fraction of sp³-hybridized carbons (Fsp3) is 0.375. The van der Waals surface area contributed by atoms with E-state index in [4.69, 9.17) is 5.26 Å². The van der Waals surface area contributed by atoms with Crippen LogP contribution in [-0.2, 0) is 6.54 Å². The molecule has 2 heterocycles. The van der Waals surface area contributed by atoms with Crippen LogP contribution in [0.5, 0.6) is 0 Å². The molecule has 20 heavy (non-hydrogen) atoms. The molecular formula is C16H18N4. The maximum atomic E-state index is 9.14. The molecule has 1 aromatic carbocycles. The van der Waals surface area contributed by atoms with Crippen molar-refractivity contribution in [1.29, 1.82) is 5.26 Å². The SMILES string of the molecule is N#Cc1ccccc1CN1CCC(c2cn[nH]c2)CC1. The Balaban J connectivity index is 1.60. The highest BCUT2D eigenvalue weighted by molar-refractivity contribution is 5.37. The maximum Gasteiger partial charge on any atom is 0.0995 e. The van der Waals surface area contributed by atoms with Crippen LogP contribution in [0.1, 0.15) is 35.4 Å². The molecular weight excluding hydrogens is 248 g/mol. The second kappa shape index (κ2) is 5.89. The molecule has 102 valence electrons. The van der Waals surface area contributed by atoms with Crippen LogP contribution < -0.4 is 0 Å². The van der Waals surface area contributed by atoms with Gasteiger partial charge in [-0.05, 0) is 49.0 Å². The maximum absolute atomic E-state index is 9.14. The summed E-state index contributed by atoms with van der Waals surface area (Å²) in [6.45, 7) is 3.03. The molecule has 1 saturated heterocycles. The monoisotopic (exact) mass is 266 g/mol. The van der Waals surface area contributed by atoms with E-state index in [0.29, 0.717) is 5.92 Å². The van der Waals surface area contributed by atoms with E-state index in [9.17, 15) is 0 Å². The third-order valence-electron chi connectivity index (χ3n) is 4.11. The van der Waals surface area contributed by atoms with Crippen LogP contribution in [-0.4, -0.2) is 28.2 Å². The van der Waals surface area contributed by atoms with Gasteiger partial charge in [0.15, 0.2) is 0 Å². The molecule has 1 aliphatic rings. The topological polar surface area (TPSA) is 55.7 Å². The predicted molar refractivity (Wildman–Crippen MR) is 77.0 cm³/mol. The van der Waals surface area contributed by atoms with Gasteiger partial charge in [-0.1, -0.05) is 18.2 Å². The van der Waals surface area contributed by atoms with Crippen LogP contribution in [0.15, 0.2) is 36.7 Å². The first kappa shape index (κ1) is 12.9. The van der Waals surface area contributed by atoms with Gasteiger partial charge >= 0.3 is 0 Å². The number of rotatable bonds is 3. The van der Waals surface area contributed by atoms with E-state index < -0.39 is 0 Å². The van der Waals surface area contributed by atoms with E-state index in [1.807, 2.05) is 30.6 Å². The van der Waals surface area contributed by atoms with E-state index in [2.05, 4.69) is 27.2 Å². The largest absolute Gasteiger partial charge is 0.299 e. The molecule has 1 fully saturated rings. The minimum atomic E-state index is 0.621. The summed E-state index contributed by atoms with van der Waals surface area (Å²) >= 11 is 0. The fourth-order valence-electron chi connectivity index (χ4n) is 2.92. The summed E-state index contributed by atoms with van der Waals surface area (Å²) in [6, 6.07) is 10.2. The summed E-state index contributed by atoms with van der Waals surface area (Å²) in [6.07, 6.45) is 6.26. The van der Waals surface area contributed by atoms with Crippen molar-refractivity contribution in [3.63, 3.8) is 0 Å². The van der Waals surface area contributed by atoms with Crippen molar-refractivity contribution in [1.82, 2.24) is 15.1 Å². The highest BCUT2D eigenvalue weighted by Gasteiger charge is 2.21. The second-order valence-corrected chi connectivity index (χ2v) is 5.35. The number of H-pyrrole nitrogens is 1. The number of hydrogen-bond donors (Lipinski definition) is 1. The highest BCUT2D eigenvalue weighted by Crippen LogP contribution is 2.28. The lowest BCUT2D eigenvalue weighted by molar-refractivity contribution is 0.204. The second-order valence-electron chi connectivity index (χ2n) is 5.35. The minimum Gasteiger partial charge on any atom is -0.299 e. The fourth-order valence-corrected chi connectivity index (χ4v) is 2.92.